The highest BCUT2D eigenvalue weighted by Gasteiger charge is 2.25. The summed E-state index contributed by atoms with van der Waals surface area (Å²) in [6.45, 7) is 2.44. The second-order valence-corrected chi connectivity index (χ2v) is 5.01. The van der Waals surface area contributed by atoms with Gasteiger partial charge in [0.05, 0.1) is 12.6 Å². The second kappa shape index (κ2) is 6.33. The van der Waals surface area contributed by atoms with Crippen molar-refractivity contribution in [3.8, 4) is 0 Å². The molecule has 6 heteroatoms. The molecule has 1 aliphatic heterocycles. The van der Waals surface area contributed by atoms with Crippen LogP contribution in [0.5, 0.6) is 0 Å². The van der Waals surface area contributed by atoms with E-state index in [4.69, 9.17) is 4.42 Å². The van der Waals surface area contributed by atoms with Gasteiger partial charge in [0.1, 0.15) is 11.5 Å². The zero-order chi connectivity index (χ0) is 11.5. The number of aryl methyl sites for hydroxylation is 1. The largest absolute Gasteiger partial charge is 0.464 e. The summed E-state index contributed by atoms with van der Waals surface area (Å²) >= 11 is 1.76. The van der Waals surface area contributed by atoms with E-state index >= 15 is 0 Å². The summed E-state index contributed by atoms with van der Waals surface area (Å²) in [5.74, 6) is 3.58. The number of thioether (sulfide) groups is 1. The number of carbonyl (C=O) groups excluding carboxylic acids is 1. The van der Waals surface area contributed by atoms with Gasteiger partial charge in [-0.3, -0.25) is 10.1 Å². The van der Waals surface area contributed by atoms with Crippen molar-refractivity contribution in [3.63, 3.8) is 0 Å². The van der Waals surface area contributed by atoms with Crippen LogP contribution in [0.3, 0.4) is 0 Å². The zero-order valence-corrected chi connectivity index (χ0v) is 11.6. The lowest BCUT2D eigenvalue weighted by Crippen LogP contribution is -2.42. The highest BCUT2D eigenvalue weighted by atomic mass is 35.5. The van der Waals surface area contributed by atoms with Crippen LogP contribution in [-0.4, -0.2) is 35.5 Å². The Hall–Kier alpha value is -0.650. The van der Waals surface area contributed by atoms with Crippen LogP contribution in [0, 0.1) is 6.92 Å². The number of nitrogens with one attached hydrogen (secondary N) is 1. The topological polar surface area (TPSA) is 45.5 Å². The van der Waals surface area contributed by atoms with Gasteiger partial charge in [0.25, 0.3) is 0 Å². The zero-order valence-electron chi connectivity index (χ0n) is 9.93. The summed E-state index contributed by atoms with van der Waals surface area (Å²) in [4.78, 5) is 13.7. The van der Waals surface area contributed by atoms with Crippen molar-refractivity contribution in [2.24, 2.45) is 0 Å². The van der Waals surface area contributed by atoms with E-state index in [0.717, 1.165) is 23.2 Å². The summed E-state index contributed by atoms with van der Waals surface area (Å²) < 4.78 is 5.45. The first kappa shape index (κ1) is 14.4. The van der Waals surface area contributed by atoms with Gasteiger partial charge in [-0.1, -0.05) is 0 Å². The summed E-state index contributed by atoms with van der Waals surface area (Å²) in [5.41, 5.74) is 0. The molecule has 0 aliphatic carbocycles. The smallest absolute Gasteiger partial charge is 0.240 e. The lowest BCUT2D eigenvalue weighted by molar-refractivity contribution is -0.132. The molecule has 1 amide bonds. The maximum Gasteiger partial charge on any atom is 0.240 e. The number of halogens is 1. The molecule has 1 N–H and O–H groups in total. The van der Waals surface area contributed by atoms with Crippen molar-refractivity contribution in [1.82, 2.24) is 10.2 Å². The fourth-order valence-corrected chi connectivity index (χ4v) is 2.63. The second-order valence-electron chi connectivity index (χ2n) is 3.98. The lowest BCUT2D eigenvalue weighted by atomic mass is 10.3. The van der Waals surface area contributed by atoms with E-state index < -0.39 is 0 Å². The molecule has 1 fully saturated rings. The van der Waals surface area contributed by atoms with Gasteiger partial charge < -0.3 is 9.32 Å². The van der Waals surface area contributed by atoms with E-state index in [0.29, 0.717) is 6.54 Å². The van der Waals surface area contributed by atoms with Crippen LogP contribution in [0.15, 0.2) is 16.5 Å². The Kier molecular flexibility index (Phi) is 5.36. The minimum Gasteiger partial charge on any atom is -0.464 e. The molecule has 1 aromatic heterocycles. The van der Waals surface area contributed by atoms with Crippen molar-refractivity contribution in [3.05, 3.63) is 23.7 Å². The first-order valence-corrected chi connectivity index (χ1v) is 6.43. The van der Waals surface area contributed by atoms with Gasteiger partial charge in [-0.2, -0.15) is 0 Å². The van der Waals surface area contributed by atoms with Crippen LogP contribution in [0.1, 0.15) is 11.5 Å². The van der Waals surface area contributed by atoms with Crippen LogP contribution in [0.25, 0.3) is 0 Å². The molecule has 4 nitrogen and oxygen atoms in total. The lowest BCUT2D eigenvalue weighted by Gasteiger charge is -2.19. The normalized spacial score (nSPS) is 18.8. The summed E-state index contributed by atoms with van der Waals surface area (Å²) in [7, 11) is 1.81. The summed E-state index contributed by atoms with van der Waals surface area (Å²) in [6, 6.07) is 3.79. The Morgan fingerprint density at radius 1 is 1.65 bits per heavy atom. The van der Waals surface area contributed by atoms with Gasteiger partial charge in [-0.25, -0.2) is 0 Å². The van der Waals surface area contributed by atoms with Crippen LogP contribution in [0.4, 0.5) is 0 Å². The van der Waals surface area contributed by atoms with E-state index in [9.17, 15) is 4.79 Å². The average Bonchev–Trinajstić information content (AvgIpc) is 2.88. The number of rotatable bonds is 3. The molecule has 2 rings (SSSR count). The van der Waals surface area contributed by atoms with Gasteiger partial charge in [0, 0.05) is 18.7 Å². The van der Waals surface area contributed by atoms with Crippen molar-refractivity contribution in [2.75, 3.05) is 18.7 Å². The van der Waals surface area contributed by atoms with Crippen molar-refractivity contribution in [2.45, 2.75) is 19.5 Å². The highest BCUT2D eigenvalue weighted by Crippen LogP contribution is 2.14. The first-order chi connectivity index (χ1) is 7.66. The van der Waals surface area contributed by atoms with E-state index in [1.807, 2.05) is 26.1 Å². The van der Waals surface area contributed by atoms with E-state index in [1.165, 1.54) is 0 Å². The molecule has 1 unspecified atom stereocenters. The van der Waals surface area contributed by atoms with Gasteiger partial charge >= 0.3 is 0 Å². The molecule has 2 heterocycles. The predicted octanol–water partition coefficient (Wildman–Crippen LogP) is 1.63. The average molecular weight is 277 g/mol. The van der Waals surface area contributed by atoms with Gasteiger partial charge in [0.15, 0.2) is 0 Å². The molecule has 0 radical (unpaired) electrons. The van der Waals surface area contributed by atoms with Crippen LogP contribution in [-0.2, 0) is 11.3 Å². The first-order valence-electron chi connectivity index (χ1n) is 5.28. The van der Waals surface area contributed by atoms with Crippen LogP contribution in [0.2, 0.25) is 0 Å². The Morgan fingerprint density at radius 3 is 2.94 bits per heavy atom. The van der Waals surface area contributed by atoms with Gasteiger partial charge in [-0.05, 0) is 19.1 Å². The van der Waals surface area contributed by atoms with E-state index in [-0.39, 0.29) is 24.4 Å². The Bertz CT molecular complexity index is 377. The molecule has 1 aliphatic rings. The van der Waals surface area contributed by atoms with E-state index in [2.05, 4.69) is 5.32 Å². The quantitative estimate of drug-likeness (QED) is 0.912. The molecule has 1 aromatic rings. The molecule has 0 aromatic carbocycles. The molecule has 17 heavy (non-hydrogen) atoms. The van der Waals surface area contributed by atoms with Crippen molar-refractivity contribution in [1.29, 1.82) is 0 Å². The standard InChI is InChI=1S/C11H16N2O2S.ClH/c1-8-3-4-9(15-8)5-13(2)11(14)10-6-16-7-12-10;/h3-4,10,12H,5-7H2,1-2H3;1H. The Morgan fingerprint density at radius 2 is 2.41 bits per heavy atom. The third-order valence-corrected chi connectivity index (χ3v) is 3.52. The van der Waals surface area contributed by atoms with E-state index in [1.54, 1.807) is 16.7 Å². The molecule has 0 bridgehead atoms. The van der Waals surface area contributed by atoms with Gasteiger partial charge in [0.2, 0.25) is 5.91 Å². The molecule has 0 saturated carbocycles. The monoisotopic (exact) mass is 276 g/mol. The summed E-state index contributed by atoms with van der Waals surface area (Å²) in [6.07, 6.45) is 0. The van der Waals surface area contributed by atoms with Crippen molar-refractivity contribution >= 4 is 30.1 Å². The number of carbonyl (C=O) groups is 1. The molecule has 96 valence electrons. The van der Waals surface area contributed by atoms with Gasteiger partial charge in [-0.15, -0.1) is 24.2 Å². The summed E-state index contributed by atoms with van der Waals surface area (Å²) in [5, 5.41) is 3.17. The molecule has 0 spiro atoms. The number of hydrogen-bond donors (Lipinski definition) is 1. The predicted molar refractivity (Wildman–Crippen MR) is 71.4 cm³/mol. The minimum absolute atomic E-state index is 0. The van der Waals surface area contributed by atoms with Crippen LogP contribution >= 0.6 is 24.2 Å². The fraction of sp³-hybridized carbons (Fsp3) is 0.545. The molecular formula is C11H17ClN2O2S. The maximum absolute atomic E-state index is 12.0. The molecular weight excluding hydrogens is 260 g/mol. The Labute approximate surface area is 112 Å². The minimum atomic E-state index is -0.0361. The third kappa shape index (κ3) is 3.66. The molecule has 1 saturated heterocycles. The maximum atomic E-state index is 12.0. The number of hydrogen-bond acceptors (Lipinski definition) is 4. The van der Waals surface area contributed by atoms with Crippen LogP contribution < -0.4 is 5.32 Å². The number of furan rings is 1. The fourth-order valence-electron chi connectivity index (χ4n) is 1.70. The number of amides is 1. The highest BCUT2D eigenvalue weighted by molar-refractivity contribution is 7.99. The van der Waals surface area contributed by atoms with Crippen molar-refractivity contribution < 1.29 is 9.21 Å². The number of likely N-dealkylation sites (N-methyl/N-ethyl adjacent to an activating group) is 1. The third-order valence-electron chi connectivity index (χ3n) is 2.58. The Balaban J connectivity index is 0.00000144. The number of nitrogens with zero attached hydrogens (tertiary/aromatic N) is 1. The SMILES string of the molecule is Cc1ccc(CN(C)C(=O)C2CSCN2)o1.Cl. The molecule has 1 atom stereocenters.